The first-order valence-corrected chi connectivity index (χ1v) is 6.66. The highest BCUT2D eigenvalue weighted by Gasteiger charge is 2.49. The lowest BCUT2D eigenvalue weighted by Crippen LogP contribution is -2.50. The molecule has 0 aromatic rings. The van der Waals surface area contributed by atoms with Gasteiger partial charge in [-0.05, 0) is 25.5 Å². The SMILES string of the molecule is CSC1CCCC(NC(=O)C(F)(F)C(F)F)C1. The van der Waals surface area contributed by atoms with Crippen LogP contribution in [0.1, 0.15) is 25.7 Å². The molecule has 1 amide bonds. The zero-order chi connectivity index (χ0) is 13.1. The third kappa shape index (κ3) is 3.76. The molecular weight excluding hydrogens is 258 g/mol. The first kappa shape index (κ1) is 14.6. The molecule has 0 heterocycles. The van der Waals surface area contributed by atoms with Crippen LogP contribution in [0.2, 0.25) is 0 Å². The number of hydrogen-bond donors (Lipinski definition) is 1. The van der Waals surface area contributed by atoms with E-state index >= 15 is 0 Å². The Hall–Kier alpha value is -0.460. The number of carbonyl (C=O) groups excluding carboxylic acids is 1. The Morgan fingerprint density at radius 1 is 1.41 bits per heavy atom. The van der Waals surface area contributed by atoms with Gasteiger partial charge in [-0.25, -0.2) is 8.78 Å². The second-order valence-electron chi connectivity index (χ2n) is 4.12. The van der Waals surface area contributed by atoms with Crippen LogP contribution in [0.25, 0.3) is 0 Å². The van der Waals surface area contributed by atoms with Crippen LogP contribution >= 0.6 is 11.8 Å². The predicted octanol–water partition coefficient (Wildman–Crippen LogP) is 2.68. The van der Waals surface area contributed by atoms with Gasteiger partial charge in [0.05, 0.1) is 0 Å². The Balaban J connectivity index is 2.51. The fourth-order valence-corrected chi connectivity index (χ4v) is 2.70. The van der Waals surface area contributed by atoms with Crippen LogP contribution in [0.5, 0.6) is 0 Å². The lowest BCUT2D eigenvalue weighted by Gasteiger charge is -2.29. The van der Waals surface area contributed by atoms with E-state index in [4.69, 9.17) is 0 Å². The van der Waals surface area contributed by atoms with Crippen molar-refractivity contribution in [1.82, 2.24) is 5.32 Å². The van der Waals surface area contributed by atoms with Gasteiger partial charge in [-0.2, -0.15) is 20.5 Å². The third-order valence-electron chi connectivity index (χ3n) is 2.87. The molecule has 0 spiro atoms. The summed E-state index contributed by atoms with van der Waals surface area (Å²) in [6, 6.07) is -0.418. The molecule has 2 unspecified atom stereocenters. The standard InChI is InChI=1S/C10H15F4NOS/c1-17-7-4-2-3-6(5-7)15-9(16)10(13,14)8(11)12/h6-8H,2-5H2,1H3,(H,15,16). The minimum absolute atomic E-state index is 0.300. The summed E-state index contributed by atoms with van der Waals surface area (Å²) in [5, 5.41) is 2.32. The zero-order valence-corrected chi connectivity index (χ0v) is 10.2. The van der Waals surface area contributed by atoms with Gasteiger partial charge in [0, 0.05) is 11.3 Å². The minimum Gasteiger partial charge on any atom is -0.348 e. The normalized spacial score (nSPS) is 26.0. The molecule has 1 aliphatic rings. The van der Waals surface area contributed by atoms with Gasteiger partial charge in [-0.1, -0.05) is 6.42 Å². The number of alkyl halides is 4. The van der Waals surface area contributed by atoms with Crippen LogP contribution in [0.3, 0.4) is 0 Å². The molecule has 2 nitrogen and oxygen atoms in total. The average molecular weight is 273 g/mol. The molecule has 0 bridgehead atoms. The maximum Gasteiger partial charge on any atom is 0.383 e. The molecule has 1 N–H and O–H groups in total. The van der Waals surface area contributed by atoms with Crippen LogP contribution in [0.15, 0.2) is 0 Å². The van der Waals surface area contributed by atoms with E-state index in [2.05, 4.69) is 0 Å². The van der Waals surface area contributed by atoms with E-state index in [-0.39, 0.29) is 0 Å². The van der Waals surface area contributed by atoms with E-state index in [1.165, 1.54) is 0 Å². The highest BCUT2D eigenvalue weighted by Crippen LogP contribution is 2.28. The zero-order valence-electron chi connectivity index (χ0n) is 9.39. The molecule has 1 aliphatic carbocycles. The fourth-order valence-electron chi connectivity index (χ4n) is 1.87. The highest BCUT2D eigenvalue weighted by molar-refractivity contribution is 7.99. The molecule has 100 valence electrons. The Morgan fingerprint density at radius 3 is 2.59 bits per heavy atom. The largest absolute Gasteiger partial charge is 0.383 e. The predicted molar refractivity (Wildman–Crippen MR) is 58.7 cm³/mol. The van der Waals surface area contributed by atoms with Crippen LogP contribution in [0.4, 0.5) is 17.6 Å². The molecular formula is C10H15F4NOS. The van der Waals surface area contributed by atoms with Crippen molar-refractivity contribution in [3.8, 4) is 0 Å². The summed E-state index contributed by atoms with van der Waals surface area (Å²) in [5.41, 5.74) is 0. The van der Waals surface area contributed by atoms with Gasteiger partial charge in [0.2, 0.25) is 0 Å². The van der Waals surface area contributed by atoms with Crippen LogP contribution in [-0.4, -0.2) is 35.8 Å². The quantitative estimate of drug-likeness (QED) is 0.798. The molecule has 0 saturated heterocycles. The van der Waals surface area contributed by atoms with Gasteiger partial charge in [0.15, 0.2) is 0 Å². The Bertz CT molecular complexity index is 275. The Kier molecular flexibility index (Phi) is 5.09. The van der Waals surface area contributed by atoms with Crippen molar-refractivity contribution in [2.75, 3.05) is 6.26 Å². The summed E-state index contributed by atoms with van der Waals surface area (Å²) >= 11 is 1.60. The molecule has 1 saturated carbocycles. The summed E-state index contributed by atoms with van der Waals surface area (Å²) < 4.78 is 49.3. The van der Waals surface area contributed by atoms with Crippen molar-refractivity contribution in [3.05, 3.63) is 0 Å². The molecule has 17 heavy (non-hydrogen) atoms. The molecule has 1 fully saturated rings. The maximum absolute atomic E-state index is 12.7. The van der Waals surface area contributed by atoms with E-state index < -0.39 is 24.3 Å². The van der Waals surface area contributed by atoms with Crippen molar-refractivity contribution >= 4 is 17.7 Å². The van der Waals surface area contributed by atoms with Crippen LogP contribution in [-0.2, 0) is 4.79 Å². The number of amides is 1. The van der Waals surface area contributed by atoms with Crippen molar-refractivity contribution < 1.29 is 22.4 Å². The highest BCUT2D eigenvalue weighted by atomic mass is 32.2. The van der Waals surface area contributed by atoms with Crippen LogP contribution < -0.4 is 5.32 Å². The lowest BCUT2D eigenvalue weighted by atomic mass is 9.95. The summed E-state index contributed by atoms with van der Waals surface area (Å²) in [4.78, 5) is 11.0. The van der Waals surface area contributed by atoms with Gasteiger partial charge < -0.3 is 5.32 Å². The van der Waals surface area contributed by atoms with Gasteiger partial charge in [0.25, 0.3) is 5.91 Å². The number of carbonyl (C=O) groups is 1. The summed E-state index contributed by atoms with van der Waals surface area (Å²) in [7, 11) is 0. The lowest BCUT2D eigenvalue weighted by molar-refractivity contribution is -0.170. The van der Waals surface area contributed by atoms with Crippen molar-refractivity contribution in [1.29, 1.82) is 0 Å². The van der Waals surface area contributed by atoms with Crippen LogP contribution in [0, 0.1) is 0 Å². The Labute approximate surface area is 102 Å². The first-order chi connectivity index (χ1) is 7.87. The number of hydrogen-bond acceptors (Lipinski definition) is 2. The number of thioether (sulfide) groups is 1. The number of nitrogens with one attached hydrogen (secondary N) is 1. The van der Waals surface area contributed by atoms with E-state index in [1.54, 1.807) is 11.8 Å². The summed E-state index contributed by atoms with van der Waals surface area (Å²) in [6.45, 7) is 0. The van der Waals surface area contributed by atoms with Crippen molar-refractivity contribution in [2.24, 2.45) is 0 Å². The monoisotopic (exact) mass is 273 g/mol. The molecule has 0 aromatic heterocycles. The molecule has 2 atom stereocenters. The van der Waals surface area contributed by atoms with E-state index in [0.29, 0.717) is 18.1 Å². The molecule has 0 radical (unpaired) electrons. The van der Waals surface area contributed by atoms with Crippen molar-refractivity contribution in [2.45, 2.75) is 49.3 Å². The van der Waals surface area contributed by atoms with Crippen molar-refractivity contribution in [3.63, 3.8) is 0 Å². The Morgan fingerprint density at radius 2 is 2.06 bits per heavy atom. The second kappa shape index (κ2) is 5.93. The van der Waals surface area contributed by atoms with Gasteiger partial charge in [-0.15, -0.1) is 0 Å². The topological polar surface area (TPSA) is 29.1 Å². The van der Waals surface area contributed by atoms with Gasteiger partial charge in [-0.3, -0.25) is 4.79 Å². The van der Waals surface area contributed by atoms with E-state index in [1.807, 2.05) is 11.6 Å². The first-order valence-electron chi connectivity index (χ1n) is 5.37. The van der Waals surface area contributed by atoms with Gasteiger partial charge >= 0.3 is 12.3 Å². The van der Waals surface area contributed by atoms with Gasteiger partial charge in [0.1, 0.15) is 0 Å². The summed E-state index contributed by atoms with van der Waals surface area (Å²) in [6.07, 6.45) is 0.870. The molecule has 0 aliphatic heterocycles. The van der Waals surface area contributed by atoms with E-state index in [0.717, 1.165) is 12.8 Å². The molecule has 7 heteroatoms. The number of rotatable bonds is 4. The third-order valence-corrected chi connectivity index (χ3v) is 3.97. The molecule has 1 rings (SSSR count). The average Bonchev–Trinajstić information content (AvgIpc) is 2.29. The molecule has 0 aromatic carbocycles. The number of halogens is 4. The maximum atomic E-state index is 12.7. The van der Waals surface area contributed by atoms with E-state index in [9.17, 15) is 22.4 Å². The fraction of sp³-hybridized carbons (Fsp3) is 0.900. The second-order valence-corrected chi connectivity index (χ2v) is 5.26. The minimum atomic E-state index is -4.59. The smallest absolute Gasteiger partial charge is 0.348 e. The summed E-state index contributed by atoms with van der Waals surface area (Å²) in [5.74, 6) is -6.45.